The third-order valence-corrected chi connectivity index (χ3v) is 1.91. The number of anilines is 1. The fourth-order valence-corrected chi connectivity index (χ4v) is 1.08. The monoisotopic (exact) mass is 209 g/mol. The van der Waals surface area contributed by atoms with E-state index in [0.717, 1.165) is 0 Å². The highest BCUT2D eigenvalue weighted by atomic mass is 16.4. The first kappa shape index (κ1) is 11.4. The lowest BCUT2D eigenvalue weighted by Gasteiger charge is -2.17. The van der Waals surface area contributed by atoms with Crippen molar-refractivity contribution in [1.29, 1.82) is 0 Å². The van der Waals surface area contributed by atoms with Gasteiger partial charge in [-0.05, 0) is 0 Å². The first-order chi connectivity index (χ1) is 6.80. The smallest absolute Gasteiger partial charge is 0.308 e. The van der Waals surface area contributed by atoms with Crippen LogP contribution in [0.15, 0.2) is 6.20 Å². The Morgan fingerprint density at radius 1 is 1.53 bits per heavy atom. The Morgan fingerprint density at radius 3 is 2.53 bits per heavy atom. The molecule has 0 atom stereocenters. The second-order valence-electron chi connectivity index (χ2n) is 4.42. The molecule has 0 radical (unpaired) electrons. The minimum Gasteiger partial charge on any atom is -0.481 e. The van der Waals surface area contributed by atoms with Gasteiger partial charge in [0.25, 0.3) is 0 Å². The molecule has 1 heterocycles. The molecule has 0 amide bonds. The normalized spacial score (nSPS) is 11.4. The Morgan fingerprint density at radius 2 is 2.13 bits per heavy atom. The lowest BCUT2D eigenvalue weighted by atomic mass is 9.95. The first-order valence-electron chi connectivity index (χ1n) is 4.64. The Kier molecular flexibility index (Phi) is 2.93. The van der Waals surface area contributed by atoms with Crippen LogP contribution < -0.4 is 5.73 Å². The lowest BCUT2D eigenvalue weighted by Crippen LogP contribution is -2.18. The quantitative estimate of drug-likeness (QED) is 0.758. The Hall–Kier alpha value is -1.65. The average Bonchev–Trinajstić information content (AvgIpc) is 2.05. The zero-order valence-electron chi connectivity index (χ0n) is 9.11. The van der Waals surface area contributed by atoms with Gasteiger partial charge in [0.15, 0.2) is 0 Å². The van der Waals surface area contributed by atoms with Crippen LogP contribution in [0.25, 0.3) is 0 Å². The molecule has 5 nitrogen and oxygen atoms in total. The van der Waals surface area contributed by atoms with Gasteiger partial charge in [0.05, 0.1) is 6.42 Å². The van der Waals surface area contributed by atoms with Crippen LogP contribution in [0.1, 0.15) is 32.2 Å². The van der Waals surface area contributed by atoms with Crippen molar-refractivity contribution in [2.45, 2.75) is 32.6 Å². The summed E-state index contributed by atoms with van der Waals surface area (Å²) in [6.45, 7) is 5.91. The molecule has 0 saturated carbocycles. The van der Waals surface area contributed by atoms with Gasteiger partial charge in [-0.1, -0.05) is 20.8 Å². The summed E-state index contributed by atoms with van der Waals surface area (Å²) in [5.41, 5.74) is 5.92. The molecule has 0 fully saturated rings. The number of aromatic nitrogens is 2. The van der Waals surface area contributed by atoms with E-state index >= 15 is 0 Å². The SMILES string of the molecule is CC(C)(C)c1ncc(CC(=O)O)c(N)n1. The molecule has 0 spiro atoms. The van der Waals surface area contributed by atoms with Crippen LogP contribution in [0.2, 0.25) is 0 Å². The van der Waals surface area contributed by atoms with Gasteiger partial charge in [-0.2, -0.15) is 0 Å². The zero-order chi connectivity index (χ0) is 11.6. The van der Waals surface area contributed by atoms with Crippen LogP contribution in [0, 0.1) is 0 Å². The number of hydrogen-bond acceptors (Lipinski definition) is 4. The van der Waals surface area contributed by atoms with Crippen molar-refractivity contribution < 1.29 is 9.90 Å². The van der Waals surface area contributed by atoms with E-state index in [-0.39, 0.29) is 17.7 Å². The predicted molar refractivity (Wildman–Crippen MR) is 56.5 cm³/mol. The van der Waals surface area contributed by atoms with Crippen LogP contribution in [0.4, 0.5) is 5.82 Å². The van der Waals surface area contributed by atoms with Crippen molar-refractivity contribution in [1.82, 2.24) is 9.97 Å². The van der Waals surface area contributed by atoms with E-state index < -0.39 is 5.97 Å². The number of aliphatic carboxylic acids is 1. The van der Waals surface area contributed by atoms with Gasteiger partial charge >= 0.3 is 5.97 Å². The summed E-state index contributed by atoms with van der Waals surface area (Å²) in [7, 11) is 0. The summed E-state index contributed by atoms with van der Waals surface area (Å²) in [6.07, 6.45) is 1.34. The molecule has 15 heavy (non-hydrogen) atoms. The van der Waals surface area contributed by atoms with E-state index in [9.17, 15) is 4.79 Å². The van der Waals surface area contributed by atoms with E-state index in [1.165, 1.54) is 6.20 Å². The van der Waals surface area contributed by atoms with E-state index in [2.05, 4.69) is 9.97 Å². The lowest BCUT2D eigenvalue weighted by molar-refractivity contribution is -0.136. The van der Waals surface area contributed by atoms with Gasteiger partial charge < -0.3 is 10.8 Å². The third kappa shape index (κ3) is 2.90. The van der Waals surface area contributed by atoms with Crippen LogP contribution in [-0.4, -0.2) is 21.0 Å². The number of carboxylic acid groups (broad SMARTS) is 1. The summed E-state index contributed by atoms with van der Waals surface area (Å²) >= 11 is 0. The molecule has 0 aliphatic carbocycles. The van der Waals surface area contributed by atoms with Crippen LogP contribution in [0.3, 0.4) is 0 Å². The molecule has 0 bridgehead atoms. The summed E-state index contributed by atoms with van der Waals surface area (Å²) in [4.78, 5) is 18.7. The van der Waals surface area contributed by atoms with E-state index in [4.69, 9.17) is 10.8 Å². The number of nitrogens with zero attached hydrogens (tertiary/aromatic N) is 2. The highest BCUT2D eigenvalue weighted by Crippen LogP contribution is 2.19. The fourth-order valence-electron chi connectivity index (χ4n) is 1.08. The Bertz CT molecular complexity index is 383. The van der Waals surface area contributed by atoms with E-state index in [0.29, 0.717) is 11.4 Å². The number of rotatable bonds is 2. The zero-order valence-corrected chi connectivity index (χ0v) is 9.11. The van der Waals surface area contributed by atoms with Crippen molar-refractivity contribution in [2.75, 3.05) is 5.73 Å². The van der Waals surface area contributed by atoms with E-state index in [1.807, 2.05) is 20.8 Å². The van der Waals surface area contributed by atoms with Crippen LogP contribution >= 0.6 is 0 Å². The Labute approximate surface area is 88.4 Å². The summed E-state index contributed by atoms with van der Waals surface area (Å²) in [5.74, 6) is -0.0692. The number of nitrogen functional groups attached to an aromatic ring is 1. The van der Waals surface area contributed by atoms with Crippen molar-refractivity contribution in [3.63, 3.8) is 0 Å². The van der Waals surface area contributed by atoms with Crippen molar-refractivity contribution in [2.24, 2.45) is 0 Å². The molecular weight excluding hydrogens is 194 g/mol. The number of nitrogens with two attached hydrogens (primary N) is 1. The number of carboxylic acids is 1. The second-order valence-corrected chi connectivity index (χ2v) is 4.42. The topological polar surface area (TPSA) is 89.1 Å². The maximum absolute atomic E-state index is 10.5. The molecule has 0 aliphatic heterocycles. The second kappa shape index (κ2) is 3.84. The van der Waals surface area contributed by atoms with Gasteiger partial charge in [-0.25, -0.2) is 9.97 Å². The molecule has 0 aliphatic rings. The maximum atomic E-state index is 10.5. The minimum absolute atomic E-state index is 0.143. The number of carbonyl (C=O) groups is 1. The Balaban J connectivity index is 3.03. The molecule has 3 N–H and O–H groups in total. The van der Waals surface area contributed by atoms with Gasteiger partial charge in [0, 0.05) is 17.2 Å². The molecule has 1 aromatic rings. The molecule has 0 saturated heterocycles. The highest BCUT2D eigenvalue weighted by Gasteiger charge is 2.18. The van der Waals surface area contributed by atoms with Crippen molar-refractivity contribution in [3.8, 4) is 0 Å². The highest BCUT2D eigenvalue weighted by molar-refractivity contribution is 5.71. The molecule has 1 aromatic heterocycles. The van der Waals surface area contributed by atoms with Crippen LogP contribution in [0.5, 0.6) is 0 Å². The largest absolute Gasteiger partial charge is 0.481 e. The number of hydrogen-bond donors (Lipinski definition) is 2. The fraction of sp³-hybridized carbons (Fsp3) is 0.500. The average molecular weight is 209 g/mol. The molecule has 5 heteroatoms. The van der Waals surface area contributed by atoms with Gasteiger partial charge in [0.2, 0.25) is 0 Å². The van der Waals surface area contributed by atoms with E-state index in [1.54, 1.807) is 0 Å². The molecular formula is C10H15N3O2. The van der Waals surface area contributed by atoms with Gasteiger partial charge in [0.1, 0.15) is 11.6 Å². The molecule has 0 unspecified atom stereocenters. The van der Waals surface area contributed by atoms with Crippen molar-refractivity contribution >= 4 is 11.8 Å². The first-order valence-corrected chi connectivity index (χ1v) is 4.64. The van der Waals surface area contributed by atoms with Crippen molar-refractivity contribution in [3.05, 3.63) is 17.6 Å². The predicted octanol–water partition coefficient (Wildman–Crippen LogP) is 0.983. The summed E-state index contributed by atoms with van der Waals surface area (Å²) < 4.78 is 0. The third-order valence-electron chi connectivity index (χ3n) is 1.91. The van der Waals surface area contributed by atoms with Gasteiger partial charge in [-0.3, -0.25) is 4.79 Å². The van der Waals surface area contributed by atoms with Gasteiger partial charge in [-0.15, -0.1) is 0 Å². The maximum Gasteiger partial charge on any atom is 0.308 e. The molecule has 82 valence electrons. The minimum atomic E-state index is -0.936. The molecule has 1 rings (SSSR count). The summed E-state index contributed by atoms with van der Waals surface area (Å²) in [5, 5.41) is 8.61. The standard InChI is InChI=1S/C10H15N3O2/c1-10(2,3)9-12-5-6(4-7(14)15)8(11)13-9/h5H,4H2,1-3H3,(H,14,15)(H2,11,12,13). The molecule has 0 aromatic carbocycles. The van der Waals surface area contributed by atoms with Crippen LogP contribution in [-0.2, 0) is 16.6 Å². The summed E-state index contributed by atoms with van der Waals surface area (Å²) in [6, 6.07) is 0.